The molecule has 1 amide bonds. The van der Waals surface area contributed by atoms with Crippen LogP contribution in [-0.4, -0.2) is 35.9 Å². The van der Waals surface area contributed by atoms with Crippen LogP contribution in [0.4, 0.5) is 0 Å². The van der Waals surface area contributed by atoms with Crippen molar-refractivity contribution in [1.82, 2.24) is 4.90 Å². The Hall–Kier alpha value is -2.37. The number of methoxy groups -OCH3 is 1. The highest BCUT2D eigenvalue weighted by atomic mass is 16.5. The molecule has 1 saturated heterocycles. The third kappa shape index (κ3) is 3.27. The number of rotatable bonds is 4. The summed E-state index contributed by atoms with van der Waals surface area (Å²) >= 11 is 0. The first kappa shape index (κ1) is 16.0. The summed E-state index contributed by atoms with van der Waals surface area (Å²) in [6.07, 6.45) is 0.816. The molecule has 6 nitrogen and oxygen atoms in total. The fourth-order valence-electron chi connectivity index (χ4n) is 2.70. The molecule has 22 heavy (non-hydrogen) atoms. The highest BCUT2D eigenvalue weighted by Crippen LogP contribution is 2.31. The van der Waals surface area contributed by atoms with E-state index in [4.69, 9.17) is 9.47 Å². The molecule has 2 rings (SSSR count). The monoisotopic (exact) mass is 305 g/mol. The number of nitrogens with zero attached hydrogens (tertiary/aromatic N) is 1. The van der Waals surface area contributed by atoms with Crippen LogP contribution >= 0.6 is 0 Å². The summed E-state index contributed by atoms with van der Waals surface area (Å²) in [4.78, 5) is 36.4. The third-order valence-electron chi connectivity index (χ3n) is 3.77. The lowest BCUT2D eigenvalue weighted by Gasteiger charge is -2.29. The van der Waals surface area contributed by atoms with Crippen LogP contribution in [0.5, 0.6) is 5.75 Å². The van der Waals surface area contributed by atoms with E-state index in [1.54, 1.807) is 29.2 Å². The van der Waals surface area contributed by atoms with E-state index in [1.807, 2.05) is 6.92 Å². The fraction of sp³-hybridized carbons (Fsp3) is 0.438. The fourth-order valence-corrected chi connectivity index (χ4v) is 2.70. The van der Waals surface area contributed by atoms with Gasteiger partial charge in [-0.15, -0.1) is 0 Å². The second-order valence-electron chi connectivity index (χ2n) is 5.22. The van der Waals surface area contributed by atoms with Gasteiger partial charge in [0.15, 0.2) is 0 Å². The van der Waals surface area contributed by atoms with Gasteiger partial charge in [-0.05, 0) is 31.0 Å². The summed E-state index contributed by atoms with van der Waals surface area (Å²) in [5.74, 6) is -0.400. The van der Waals surface area contributed by atoms with Crippen LogP contribution in [0.2, 0.25) is 0 Å². The van der Waals surface area contributed by atoms with E-state index >= 15 is 0 Å². The second-order valence-corrected chi connectivity index (χ2v) is 5.22. The summed E-state index contributed by atoms with van der Waals surface area (Å²) in [6.45, 7) is 3.19. The first-order chi connectivity index (χ1) is 10.4. The lowest BCUT2D eigenvalue weighted by Crippen LogP contribution is -2.40. The zero-order valence-electron chi connectivity index (χ0n) is 12.9. The molecule has 1 fully saturated rings. The molecule has 0 bridgehead atoms. The van der Waals surface area contributed by atoms with Crippen molar-refractivity contribution in [2.45, 2.75) is 38.8 Å². The number of likely N-dealkylation sites (tertiary alicyclic amines) is 1. The summed E-state index contributed by atoms with van der Waals surface area (Å²) in [5.41, 5.74) is 0.861. The molecular formula is C16H19NO5. The minimum absolute atomic E-state index is 0.0630. The number of amides is 1. The van der Waals surface area contributed by atoms with E-state index in [0.29, 0.717) is 18.6 Å². The molecule has 1 heterocycles. The standard InChI is InChI=1S/C16H19NO5/c1-10(12-4-6-13(7-5-12)22-11(2)18)17-14(16(20)21-3)8-9-15(17)19/h4-7,10,14H,8-9H2,1-3H3. The molecule has 1 aliphatic rings. The number of esters is 2. The predicted molar refractivity (Wildman–Crippen MR) is 78.1 cm³/mol. The van der Waals surface area contributed by atoms with Crippen LogP contribution in [0.25, 0.3) is 0 Å². The Morgan fingerprint density at radius 1 is 1.27 bits per heavy atom. The number of carbonyl (C=O) groups excluding carboxylic acids is 3. The van der Waals surface area contributed by atoms with Gasteiger partial charge >= 0.3 is 11.9 Å². The first-order valence-electron chi connectivity index (χ1n) is 7.11. The van der Waals surface area contributed by atoms with E-state index in [2.05, 4.69) is 0 Å². The average molecular weight is 305 g/mol. The molecule has 2 atom stereocenters. The van der Waals surface area contributed by atoms with Crippen LogP contribution in [-0.2, 0) is 19.1 Å². The van der Waals surface area contributed by atoms with Crippen molar-refractivity contribution < 1.29 is 23.9 Å². The van der Waals surface area contributed by atoms with Crippen molar-refractivity contribution in [3.8, 4) is 5.75 Å². The number of hydrogen-bond donors (Lipinski definition) is 0. The minimum atomic E-state index is -0.541. The molecule has 6 heteroatoms. The van der Waals surface area contributed by atoms with Crippen molar-refractivity contribution >= 4 is 17.8 Å². The van der Waals surface area contributed by atoms with Gasteiger partial charge in [-0.3, -0.25) is 9.59 Å². The Bertz CT molecular complexity index is 581. The van der Waals surface area contributed by atoms with Crippen LogP contribution in [0, 0.1) is 0 Å². The number of hydrogen-bond acceptors (Lipinski definition) is 5. The third-order valence-corrected chi connectivity index (χ3v) is 3.77. The van der Waals surface area contributed by atoms with Crippen molar-refractivity contribution in [2.24, 2.45) is 0 Å². The molecule has 0 saturated carbocycles. The lowest BCUT2D eigenvalue weighted by atomic mass is 10.1. The Morgan fingerprint density at radius 3 is 2.45 bits per heavy atom. The van der Waals surface area contributed by atoms with Gasteiger partial charge in [0.2, 0.25) is 5.91 Å². The van der Waals surface area contributed by atoms with Gasteiger partial charge in [0.25, 0.3) is 0 Å². The summed E-state index contributed by atoms with van der Waals surface area (Å²) in [7, 11) is 1.32. The maximum absolute atomic E-state index is 12.1. The molecule has 0 N–H and O–H groups in total. The highest BCUT2D eigenvalue weighted by molar-refractivity contribution is 5.88. The van der Waals surface area contributed by atoms with Crippen LogP contribution in [0.1, 0.15) is 38.3 Å². The number of carbonyl (C=O) groups is 3. The van der Waals surface area contributed by atoms with E-state index in [0.717, 1.165) is 5.56 Å². The molecule has 0 spiro atoms. The Balaban J connectivity index is 2.18. The van der Waals surface area contributed by atoms with Crippen molar-refractivity contribution in [1.29, 1.82) is 0 Å². The molecule has 1 aromatic rings. The second kappa shape index (κ2) is 6.60. The highest BCUT2D eigenvalue weighted by Gasteiger charge is 2.39. The Morgan fingerprint density at radius 2 is 1.91 bits per heavy atom. The largest absolute Gasteiger partial charge is 0.467 e. The molecule has 0 aliphatic carbocycles. The zero-order chi connectivity index (χ0) is 16.3. The van der Waals surface area contributed by atoms with E-state index in [-0.39, 0.29) is 17.9 Å². The van der Waals surface area contributed by atoms with Gasteiger partial charge in [0.1, 0.15) is 11.8 Å². The van der Waals surface area contributed by atoms with E-state index < -0.39 is 12.0 Å². The number of benzene rings is 1. The molecule has 0 aromatic heterocycles. The summed E-state index contributed by atoms with van der Waals surface area (Å²) in [6, 6.07) is 6.10. The van der Waals surface area contributed by atoms with Gasteiger partial charge in [-0.1, -0.05) is 12.1 Å². The van der Waals surface area contributed by atoms with Crippen LogP contribution in [0.15, 0.2) is 24.3 Å². The maximum Gasteiger partial charge on any atom is 0.328 e. The Labute approximate surface area is 129 Å². The molecule has 2 unspecified atom stereocenters. The Kier molecular flexibility index (Phi) is 4.80. The van der Waals surface area contributed by atoms with Crippen molar-refractivity contribution in [3.05, 3.63) is 29.8 Å². The van der Waals surface area contributed by atoms with Crippen LogP contribution < -0.4 is 4.74 Å². The van der Waals surface area contributed by atoms with Gasteiger partial charge in [-0.2, -0.15) is 0 Å². The maximum atomic E-state index is 12.1. The molecule has 1 aliphatic heterocycles. The molecular weight excluding hydrogens is 286 g/mol. The van der Waals surface area contributed by atoms with E-state index in [1.165, 1.54) is 14.0 Å². The van der Waals surface area contributed by atoms with Gasteiger partial charge in [0.05, 0.1) is 13.2 Å². The molecule has 1 aromatic carbocycles. The van der Waals surface area contributed by atoms with Gasteiger partial charge < -0.3 is 14.4 Å². The van der Waals surface area contributed by atoms with Gasteiger partial charge in [-0.25, -0.2) is 4.79 Å². The topological polar surface area (TPSA) is 72.9 Å². The smallest absolute Gasteiger partial charge is 0.328 e. The number of ether oxygens (including phenoxy) is 2. The van der Waals surface area contributed by atoms with E-state index in [9.17, 15) is 14.4 Å². The zero-order valence-corrected chi connectivity index (χ0v) is 12.9. The van der Waals surface area contributed by atoms with Gasteiger partial charge in [0, 0.05) is 13.3 Å². The quantitative estimate of drug-likeness (QED) is 0.627. The lowest BCUT2D eigenvalue weighted by molar-refractivity contribution is -0.150. The van der Waals surface area contributed by atoms with Crippen molar-refractivity contribution in [2.75, 3.05) is 7.11 Å². The normalized spacial score (nSPS) is 19.0. The SMILES string of the molecule is COC(=O)C1CCC(=O)N1C(C)c1ccc(OC(C)=O)cc1. The summed E-state index contributed by atoms with van der Waals surface area (Å²) < 4.78 is 9.75. The first-order valence-corrected chi connectivity index (χ1v) is 7.11. The molecule has 0 radical (unpaired) electrons. The van der Waals surface area contributed by atoms with Crippen molar-refractivity contribution in [3.63, 3.8) is 0 Å². The minimum Gasteiger partial charge on any atom is -0.467 e. The predicted octanol–water partition coefficient (Wildman–Crippen LogP) is 1.84. The summed E-state index contributed by atoms with van der Waals surface area (Å²) in [5, 5.41) is 0. The average Bonchev–Trinajstić information content (AvgIpc) is 2.87. The van der Waals surface area contributed by atoms with Crippen LogP contribution in [0.3, 0.4) is 0 Å². The molecule has 118 valence electrons.